The molecular formula is C12H18N2O. The minimum Gasteiger partial charge on any atom is -0.496 e. The van der Waals surface area contributed by atoms with Gasteiger partial charge < -0.3 is 15.4 Å². The van der Waals surface area contributed by atoms with Crippen molar-refractivity contribution in [2.75, 3.05) is 26.7 Å². The van der Waals surface area contributed by atoms with E-state index in [9.17, 15) is 0 Å². The number of rotatable bonds is 2. The van der Waals surface area contributed by atoms with E-state index < -0.39 is 0 Å². The van der Waals surface area contributed by atoms with Crippen LogP contribution in [0.25, 0.3) is 0 Å². The Kier molecular flexibility index (Phi) is 3.23. The van der Waals surface area contributed by atoms with Gasteiger partial charge in [-0.1, -0.05) is 12.1 Å². The second-order valence-electron chi connectivity index (χ2n) is 3.94. The molecule has 0 amide bonds. The SMILES string of the molecule is COc1ccc([C@@H]2CNCCN2)cc1C. The molecule has 1 aliphatic rings. The molecule has 0 radical (unpaired) electrons. The van der Waals surface area contributed by atoms with E-state index in [0.717, 1.165) is 25.4 Å². The second kappa shape index (κ2) is 4.64. The Bertz CT molecular complexity index is 332. The highest BCUT2D eigenvalue weighted by Crippen LogP contribution is 2.22. The first-order valence-corrected chi connectivity index (χ1v) is 5.40. The molecule has 0 unspecified atom stereocenters. The number of ether oxygens (including phenoxy) is 1. The molecule has 0 aliphatic carbocycles. The highest BCUT2D eigenvalue weighted by atomic mass is 16.5. The van der Waals surface area contributed by atoms with Crippen LogP contribution in [0.5, 0.6) is 5.75 Å². The second-order valence-corrected chi connectivity index (χ2v) is 3.94. The third-order valence-electron chi connectivity index (χ3n) is 2.86. The van der Waals surface area contributed by atoms with Crippen molar-refractivity contribution < 1.29 is 4.74 Å². The van der Waals surface area contributed by atoms with Crippen molar-refractivity contribution >= 4 is 0 Å². The summed E-state index contributed by atoms with van der Waals surface area (Å²) in [6.45, 7) is 5.19. The molecule has 15 heavy (non-hydrogen) atoms. The summed E-state index contributed by atoms with van der Waals surface area (Å²) in [5, 5.41) is 6.88. The maximum atomic E-state index is 5.25. The van der Waals surface area contributed by atoms with Crippen molar-refractivity contribution in [1.29, 1.82) is 0 Å². The van der Waals surface area contributed by atoms with Crippen LogP contribution >= 0.6 is 0 Å². The first-order valence-electron chi connectivity index (χ1n) is 5.40. The van der Waals surface area contributed by atoms with E-state index in [1.807, 2.05) is 6.07 Å². The number of hydrogen-bond donors (Lipinski definition) is 2. The Morgan fingerprint density at radius 2 is 2.20 bits per heavy atom. The van der Waals surface area contributed by atoms with Crippen molar-refractivity contribution in [2.24, 2.45) is 0 Å². The predicted molar refractivity (Wildman–Crippen MR) is 61.3 cm³/mol. The first kappa shape index (κ1) is 10.5. The smallest absolute Gasteiger partial charge is 0.121 e. The highest BCUT2D eigenvalue weighted by molar-refractivity contribution is 5.37. The van der Waals surface area contributed by atoms with Crippen molar-refractivity contribution in [3.05, 3.63) is 29.3 Å². The lowest BCUT2D eigenvalue weighted by Gasteiger charge is -2.25. The predicted octanol–water partition coefficient (Wildman–Crippen LogP) is 1.24. The number of hydrogen-bond acceptors (Lipinski definition) is 3. The Hall–Kier alpha value is -1.06. The van der Waals surface area contributed by atoms with Gasteiger partial charge in [-0.3, -0.25) is 0 Å². The fourth-order valence-corrected chi connectivity index (χ4v) is 2.01. The lowest BCUT2D eigenvalue weighted by Crippen LogP contribution is -2.42. The van der Waals surface area contributed by atoms with Crippen molar-refractivity contribution in [1.82, 2.24) is 10.6 Å². The van der Waals surface area contributed by atoms with Crippen LogP contribution in [-0.2, 0) is 0 Å². The zero-order valence-electron chi connectivity index (χ0n) is 9.34. The molecule has 1 aromatic carbocycles. The fourth-order valence-electron chi connectivity index (χ4n) is 2.01. The zero-order valence-corrected chi connectivity index (χ0v) is 9.34. The van der Waals surface area contributed by atoms with Crippen LogP contribution < -0.4 is 15.4 Å². The van der Waals surface area contributed by atoms with Gasteiger partial charge in [-0.05, 0) is 24.1 Å². The van der Waals surface area contributed by atoms with E-state index in [4.69, 9.17) is 4.74 Å². The molecule has 1 aromatic rings. The van der Waals surface area contributed by atoms with E-state index >= 15 is 0 Å². The summed E-state index contributed by atoms with van der Waals surface area (Å²) in [4.78, 5) is 0. The summed E-state index contributed by atoms with van der Waals surface area (Å²) in [5.41, 5.74) is 2.53. The van der Waals surface area contributed by atoms with Crippen LogP contribution in [0.15, 0.2) is 18.2 Å². The Morgan fingerprint density at radius 1 is 1.33 bits per heavy atom. The molecule has 1 aliphatic heterocycles. The van der Waals surface area contributed by atoms with E-state index in [-0.39, 0.29) is 0 Å². The molecular weight excluding hydrogens is 188 g/mol. The molecule has 0 saturated carbocycles. The molecule has 1 fully saturated rings. The van der Waals surface area contributed by atoms with Gasteiger partial charge in [0.2, 0.25) is 0 Å². The number of nitrogens with one attached hydrogen (secondary N) is 2. The number of methoxy groups -OCH3 is 1. The third kappa shape index (κ3) is 2.30. The van der Waals surface area contributed by atoms with Crippen LogP contribution in [0.3, 0.4) is 0 Å². The van der Waals surface area contributed by atoms with Crippen LogP contribution in [0.2, 0.25) is 0 Å². The summed E-state index contributed by atoms with van der Waals surface area (Å²) in [5.74, 6) is 0.961. The fraction of sp³-hybridized carbons (Fsp3) is 0.500. The van der Waals surface area contributed by atoms with Crippen molar-refractivity contribution in [2.45, 2.75) is 13.0 Å². The topological polar surface area (TPSA) is 33.3 Å². The minimum absolute atomic E-state index is 0.434. The van der Waals surface area contributed by atoms with Crippen LogP contribution in [0.4, 0.5) is 0 Å². The van der Waals surface area contributed by atoms with Gasteiger partial charge in [0.15, 0.2) is 0 Å². The van der Waals surface area contributed by atoms with E-state index in [2.05, 4.69) is 29.7 Å². The largest absolute Gasteiger partial charge is 0.496 e. The van der Waals surface area contributed by atoms with E-state index in [1.165, 1.54) is 11.1 Å². The van der Waals surface area contributed by atoms with Gasteiger partial charge >= 0.3 is 0 Å². The summed E-state index contributed by atoms with van der Waals surface area (Å²) in [6, 6.07) is 6.81. The van der Waals surface area contributed by atoms with Gasteiger partial charge in [0, 0.05) is 25.7 Å². The zero-order chi connectivity index (χ0) is 10.7. The molecule has 0 spiro atoms. The summed E-state index contributed by atoms with van der Waals surface area (Å²) in [7, 11) is 1.71. The normalized spacial score (nSPS) is 21.3. The number of piperazine rings is 1. The summed E-state index contributed by atoms with van der Waals surface area (Å²) >= 11 is 0. The molecule has 2 rings (SSSR count). The molecule has 3 nitrogen and oxygen atoms in total. The molecule has 0 aromatic heterocycles. The molecule has 3 heteroatoms. The van der Waals surface area contributed by atoms with E-state index in [0.29, 0.717) is 6.04 Å². The van der Waals surface area contributed by atoms with Crippen molar-refractivity contribution in [3.8, 4) is 5.75 Å². The molecule has 1 saturated heterocycles. The van der Waals surface area contributed by atoms with Gasteiger partial charge in [-0.25, -0.2) is 0 Å². The minimum atomic E-state index is 0.434. The quantitative estimate of drug-likeness (QED) is 0.763. The van der Waals surface area contributed by atoms with Gasteiger partial charge in [0.25, 0.3) is 0 Å². The lowest BCUT2D eigenvalue weighted by atomic mass is 10.0. The van der Waals surface area contributed by atoms with Gasteiger partial charge in [-0.15, -0.1) is 0 Å². The molecule has 82 valence electrons. The van der Waals surface area contributed by atoms with Gasteiger partial charge in [0.05, 0.1) is 7.11 Å². The van der Waals surface area contributed by atoms with Crippen LogP contribution in [-0.4, -0.2) is 26.7 Å². The third-order valence-corrected chi connectivity index (χ3v) is 2.86. The molecule has 1 atom stereocenters. The average Bonchev–Trinajstić information content (AvgIpc) is 2.30. The standard InChI is InChI=1S/C12H18N2O/c1-9-7-10(3-4-12(9)15-2)11-8-13-5-6-14-11/h3-4,7,11,13-14H,5-6,8H2,1-2H3/t11-/m0/s1. The summed E-state index contributed by atoms with van der Waals surface area (Å²) < 4.78 is 5.25. The molecule has 2 N–H and O–H groups in total. The van der Waals surface area contributed by atoms with Crippen LogP contribution in [0, 0.1) is 6.92 Å². The number of benzene rings is 1. The lowest BCUT2D eigenvalue weighted by molar-refractivity contribution is 0.409. The maximum Gasteiger partial charge on any atom is 0.121 e. The Labute approximate surface area is 90.8 Å². The maximum absolute atomic E-state index is 5.25. The Morgan fingerprint density at radius 3 is 2.80 bits per heavy atom. The van der Waals surface area contributed by atoms with Gasteiger partial charge in [0.1, 0.15) is 5.75 Å². The van der Waals surface area contributed by atoms with E-state index in [1.54, 1.807) is 7.11 Å². The van der Waals surface area contributed by atoms with Crippen LogP contribution in [0.1, 0.15) is 17.2 Å². The molecule has 1 heterocycles. The Balaban J connectivity index is 2.17. The number of aryl methyl sites for hydroxylation is 1. The highest BCUT2D eigenvalue weighted by Gasteiger charge is 2.14. The summed E-state index contributed by atoms with van der Waals surface area (Å²) in [6.07, 6.45) is 0. The van der Waals surface area contributed by atoms with Crippen molar-refractivity contribution in [3.63, 3.8) is 0 Å². The monoisotopic (exact) mass is 206 g/mol. The average molecular weight is 206 g/mol. The van der Waals surface area contributed by atoms with Gasteiger partial charge in [-0.2, -0.15) is 0 Å². The molecule has 0 bridgehead atoms. The first-order chi connectivity index (χ1) is 7.31.